The van der Waals surface area contributed by atoms with Crippen LogP contribution >= 0.6 is 0 Å². The molecule has 7 nitrogen and oxygen atoms in total. The summed E-state index contributed by atoms with van der Waals surface area (Å²) in [5, 5.41) is 7.30. The Morgan fingerprint density at radius 1 is 1.23 bits per heavy atom. The Labute approximate surface area is 127 Å². The highest BCUT2D eigenvalue weighted by molar-refractivity contribution is 5.93. The zero-order valence-corrected chi connectivity index (χ0v) is 12.0. The van der Waals surface area contributed by atoms with E-state index in [-0.39, 0.29) is 18.0 Å². The number of imidazole rings is 1. The van der Waals surface area contributed by atoms with Crippen LogP contribution in [0.5, 0.6) is 0 Å². The first-order valence-corrected chi connectivity index (χ1v) is 7.40. The molecule has 4 rings (SSSR count). The Morgan fingerprint density at radius 3 is 3.05 bits per heavy atom. The van der Waals surface area contributed by atoms with Crippen molar-refractivity contribution in [3.8, 4) is 0 Å². The second-order valence-corrected chi connectivity index (χ2v) is 5.52. The van der Waals surface area contributed by atoms with E-state index in [4.69, 9.17) is 0 Å². The molecule has 1 aliphatic rings. The lowest BCUT2D eigenvalue weighted by Gasteiger charge is -2.22. The third kappa shape index (κ3) is 2.14. The van der Waals surface area contributed by atoms with Crippen LogP contribution < -0.4 is 5.32 Å². The van der Waals surface area contributed by atoms with Gasteiger partial charge in [-0.2, -0.15) is 5.10 Å². The van der Waals surface area contributed by atoms with E-state index in [9.17, 15) is 4.79 Å². The van der Waals surface area contributed by atoms with Crippen molar-refractivity contribution >= 4 is 11.6 Å². The maximum atomic E-state index is 12.6. The van der Waals surface area contributed by atoms with Crippen molar-refractivity contribution in [1.82, 2.24) is 29.5 Å². The van der Waals surface area contributed by atoms with Crippen LogP contribution in [-0.4, -0.2) is 36.1 Å². The molecule has 0 aromatic carbocycles. The van der Waals surface area contributed by atoms with Crippen molar-refractivity contribution in [1.29, 1.82) is 0 Å². The van der Waals surface area contributed by atoms with Crippen LogP contribution in [0.4, 0.5) is 0 Å². The molecule has 112 valence electrons. The van der Waals surface area contributed by atoms with Crippen LogP contribution in [-0.2, 0) is 0 Å². The molecule has 0 unspecified atom stereocenters. The highest BCUT2D eigenvalue weighted by atomic mass is 16.2. The molecule has 1 N–H and O–H groups in total. The average Bonchev–Trinajstić information content (AvgIpc) is 3.27. The molecule has 1 saturated carbocycles. The van der Waals surface area contributed by atoms with Gasteiger partial charge in [0.15, 0.2) is 5.65 Å². The monoisotopic (exact) mass is 296 g/mol. The van der Waals surface area contributed by atoms with Crippen molar-refractivity contribution in [2.24, 2.45) is 0 Å². The van der Waals surface area contributed by atoms with E-state index in [0.29, 0.717) is 11.3 Å². The Hall–Kier alpha value is -2.70. The third-order valence-corrected chi connectivity index (χ3v) is 4.23. The molecule has 22 heavy (non-hydrogen) atoms. The summed E-state index contributed by atoms with van der Waals surface area (Å²) in [5.41, 5.74) is 1.18. The van der Waals surface area contributed by atoms with E-state index in [2.05, 4.69) is 25.0 Å². The minimum atomic E-state index is -0.117. The van der Waals surface area contributed by atoms with Gasteiger partial charge < -0.3 is 9.88 Å². The third-order valence-electron chi connectivity index (χ3n) is 4.23. The highest BCUT2D eigenvalue weighted by Gasteiger charge is 2.30. The van der Waals surface area contributed by atoms with Gasteiger partial charge in [0.05, 0.1) is 18.6 Å². The van der Waals surface area contributed by atoms with Crippen molar-refractivity contribution in [3.05, 3.63) is 48.9 Å². The Kier molecular flexibility index (Phi) is 3.10. The summed E-state index contributed by atoms with van der Waals surface area (Å²) in [6.07, 6.45) is 11.9. The van der Waals surface area contributed by atoms with Gasteiger partial charge in [-0.05, 0) is 25.3 Å². The second-order valence-electron chi connectivity index (χ2n) is 5.52. The van der Waals surface area contributed by atoms with Gasteiger partial charge in [0, 0.05) is 30.7 Å². The summed E-state index contributed by atoms with van der Waals surface area (Å²) in [5.74, 6) is -0.117. The Bertz CT molecular complexity index is 793. The Balaban J connectivity index is 1.58. The summed E-state index contributed by atoms with van der Waals surface area (Å²) < 4.78 is 3.64. The number of aromatic nitrogens is 5. The first-order valence-electron chi connectivity index (χ1n) is 7.40. The number of rotatable bonds is 3. The predicted octanol–water partition coefficient (Wildman–Crippen LogP) is 1.45. The smallest absolute Gasteiger partial charge is 0.270 e. The van der Waals surface area contributed by atoms with E-state index in [1.807, 2.05) is 12.5 Å². The van der Waals surface area contributed by atoms with Crippen molar-refractivity contribution < 1.29 is 4.79 Å². The highest BCUT2D eigenvalue weighted by Crippen LogP contribution is 2.30. The van der Waals surface area contributed by atoms with Gasteiger partial charge in [0.25, 0.3) is 5.91 Å². The molecule has 1 fully saturated rings. The molecule has 1 aliphatic carbocycles. The van der Waals surface area contributed by atoms with E-state index in [0.717, 1.165) is 19.3 Å². The van der Waals surface area contributed by atoms with Gasteiger partial charge in [0.2, 0.25) is 0 Å². The van der Waals surface area contributed by atoms with Crippen LogP contribution in [0.25, 0.3) is 5.65 Å². The summed E-state index contributed by atoms with van der Waals surface area (Å²) >= 11 is 0. The number of hydrogen-bond acceptors (Lipinski definition) is 4. The molecular weight excluding hydrogens is 280 g/mol. The van der Waals surface area contributed by atoms with Crippen LogP contribution in [0.3, 0.4) is 0 Å². The lowest BCUT2D eigenvalue weighted by Crippen LogP contribution is -2.39. The standard InChI is InChI=1S/C15H16N6O/c22-15(13-4-6-17-14-5-7-18-21(13)14)19-11-2-1-3-12(11)20-9-8-16-10-20/h4-12H,1-3H2,(H,19,22)/t11-,12+/m1/s1. The first-order chi connectivity index (χ1) is 10.8. The predicted molar refractivity (Wildman–Crippen MR) is 79.4 cm³/mol. The zero-order chi connectivity index (χ0) is 14.9. The fourth-order valence-electron chi connectivity index (χ4n) is 3.18. The largest absolute Gasteiger partial charge is 0.346 e. The molecule has 0 radical (unpaired) electrons. The van der Waals surface area contributed by atoms with E-state index in [1.165, 1.54) is 0 Å². The van der Waals surface area contributed by atoms with Crippen molar-refractivity contribution in [2.75, 3.05) is 0 Å². The van der Waals surface area contributed by atoms with Gasteiger partial charge >= 0.3 is 0 Å². The lowest BCUT2D eigenvalue weighted by atomic mass is 10.1. The second kappa shape index (κ2) is 5.25. The zero-order valence-electron chi connectivity index (χ0n) is 12.0. The van der Waals surface area contributed by atoms with E-state index in [1.54, 1.807) is 35.2 Å². The lowest BCUT2D eigenvalue weighted by molar-refractivity contribution is 0.0921. The van der Waals surface area contributed by atoms with E-state index < -0.39 is 0 Å². The number of fused-ring (bicyclic) bond motifs is 1. The fraction of sp³-hybridized carbons (Fsp3) is 0.333. The topological polar surface area (TPSA) is 77.1 Å². The minimum Gasteiger partial charge on any atom is -0.346 e. The van der Waals surface area contributed by atoms with Crippen LogP contribution in [0, 0.1) is 0 Å². The van der Waals surface area contributed by atoms with E-state index >= 15 is 0 Å². The molecule has 0 spiro atoms. The molecule has 0 saturated heterocycles. The summed E-state index contributed by atoms with van der Waals surface area (Å²) in [6, 6.07) is 3.85. The van der Waals surface area contributed by atoms with Gasteiger partial charge in [-0.25, -0.2) is 14.5 Å². The average molecular weight is 296 g/mol. The molecule has 2 atom stereocenters. The van der Waals surface area contributed by atoms with Crippen LogP contribution in [0.1, 0.15) is 35.8 Å². The summed E-state index contributed by atoms with van der Waals surface area (Å²) in [4.78, 5) is 20.9. The molecule has 3 heterocycles. The minimum absolute atomic E-state index is 0.112. The van der Waals surface area contributed by atoms with Crippen LogP contribution in [0.15, 0.2) is 43.2 Å². The fourth-order valence-corrected chi connectivity index (χ4v) is 3.18. The van der Waals surface area contributed by atoms with Gasteiger partial charge in [0.1, 0.15) is 5.69 Å². The van der Waals surface area contributed by atoms with Crippen molar-refractivity contribution in [3.63, 3.8) is 0 Å². The molecule has 0 aliphatic heterocycles. The van der Waals surface area contributed by atoms with Crippen molar-refractivity contribution in [2.45, 2.75) is 31.3 Å². The number of amides is 1. The number of carbonyl (C=O) groups is 1. The number of carbonyl (C=O) groups excluding carboxylic acids is 1. The SMILES string of the molecule is O=C(N[C@@H]1CCC[C@@H]1n1ccnc1)c1ccnc2ccnn12. The Morgan fingerprint density at radius 2 is 2.18 bits per heavy atom. The van der Waals surface area contributed by atoms with Gasteiger partial charge in [-0.3, -0.25) is 4.79 Å². The molecule has 7 heteroatoms. The number of hydrogen-bond donors (Lipinski definition) is 1. The molecule has 3 aromatic heterocycles. The first kappa shape index (κ1) is 13.0. The maximum absolute atomic E-state index is 12.6. The van der Waals surface area contributed by atoms with Gasteiger partial charge in [-0.15, -0.1) is 0 Å². The molecular formula is C15H16N6O. The quantitative estimate of drug-likeness (QED) is 0.793. The summed E-state index contributed by atoms with van der Waals surface area (Å²) in [7, 11) is 0. The maximum Gasteiger partial charge on any atom is 0.270 e. The number of nitrogens with zero attached hydrogens (tertiary/aromatic N) is 5. The normalized spacial score (nSPS) is 21.3. The molecule has 3 aromatic rings. The molecule has 0 bridgehead atoms. The molecule has 1 amide bonds. The van der Waals surface area contributed by atoms with Crippen LogP contribution in [0.2, 0.25) is 0 Å². The summed E-state index contributed by atoms with van der Waals surface area (Å²) in [6.45, 7) is 0. The number of nitrogens with one attached hydrogen (secondary N) is 1. The van der Waals surface area contributed by atoms with Gasteiger partial charge in [-0.1, -0.05) is 0 Å².